The summed E-state index contributed by atoms with van der Waals surface area (Å²) in [6.45, 7) is 0. The number of benzene rings is 5. The van der Waals surface area contributed by atoms with Gasteiger partial charge < -0.3 is 16.0 Å². The lowest BCUT2D eigenvalue weighted by Gasteiger charge is -2.12. The molecule has 0 aliphatic heterocycles. The van der Waals surface area contributed by atoms with Crippen LogP contribution in [-0.2, 0) is 0 Å². The van der Waals surface area contributed by atoms with E-state index in [1.807, 2.05) is 97.1 Å². The van der Waals surface area contributed by atoms with Gasteiger partial charge in [-0.25, -0.2) is 0 Å². The number of hydrogen-bond acceptors (Lipinski definition) is 3. The molecule has 5 heteroatoms. The lowest BCUT2D eigenvalue weighted by molar-refractivity contribution is 0.102. The predicted molar refractivity (Wildman–Crippen MR) is 150 cm³/mol. The van der Waals surface area contributed by atoms with Crippen LogP contribution < -0.4 is 16.0 Å². The molecule has 0 spiro atoms. The van der Waals surface area contributed by atoms with E-state index in [1.54, 1.807) is 36.4 Å². The van der Waals surface area contributed by atoms with Gasteiger partial charge in [0.25, 0.3) is 11.8 Å². The van der Waals surface area contributed by atoms with Gasteiger partial charge in [0.05, 0.1) is 11.3 Å². The summed E-state index contributed by atoms with van der Waals surface area (Å²) in [6, 6.07) is 41.7. The first-order valence-corrected chi connectivity index (χ1v) is 11.9. The second-order valence-corrected chi connectivity index (χ2v) is 8.47. The van der Waals surface area contributed by atoms with Gasteiger partial charge in [-0.2, -0.15) is 0 Å². The number of rotatable bonds is 7. The highest BCUT2D eigenvalue weighted by atomic mass is 16.2. The number of carbonyl (C=O) groups is 2. The molecule has 5 nitrogen and oxygen atoms in total. The molecule has 5 aromatic rings. The number of carbonyl (C=O) groups excluding carboxylic acids is 2. The van der Waals surface area contributed by atoms with Crippen LogP contribution in [0.2, 0.25) is 0 Å². The van der Waals surface area contributed by atoms with Crippen LogP contribution in [0, 0.1) is 0 Å². The minimum Gasteiger partial charge on any atom is -0.356 e. The zero-order valence-electron chi connectivity index (χ0n) is 20.0. The molecule has 0 radical (unpaired) electrons. The standard InChI is InChI=1S/C32H25N3O2/c36-31(25-17-15-24(16-18-25)23-9-3-1-4-10-23)35-30-14-8-7-13-29(30)32(37)34-28-21-19-27(20-22-28)33-26-11-5-2-6-12-26/h1-22,33H,(H,34,37)(H,35,36). The van der Waals surface area contributed by atoms with E-state index in [-0.39, 0.29) is 11.8 Å². The van der Waals surface area contributed by atoms with E-state index < -0.39 is 0 Å². The van der Waals surface area contributed by atoms with Gasteiger partial charge in [-0.3, -0.25) is 9.59 Å². The van der Waals surface area contributed by atoms with Gasteiger partial charge in [0.1, 0.15) is 0 Å². The van der Waals surface area contributed by atoms with E-state index in [1.165, 1.54) is 0 Å². The minimum absolute atomic E-state index is 0.281. The first-order chi connectivity index (χ1) is 18.2. The molecular formula is C32H25N3O2. The zero-order valence-corrected chi connectivity index (χ0v) is 20.0. The Hall–Kier alpha value is -5.16. The Labute approximate surface area is 215 Å². The van der Waals surface area contributed by atoms with E-state index in [2.05, 4.69) is 16.0 Å². The van der Waals surface area contributed by atoms with Crippen molar-refractivity contribution in [3.63, 3.8) is 0 Å². The summed E-state index contributed by atoms with van der Waals surface area (Å²) in [5.41, 5.74) is 6.00. The molecule has 0 unspecified atom stereocenters. The fraction of sp³-hybridized carbons (Fsp3) is 0. The molecule has 0 aromatic heterocycles. The molecule has 0 fully saturated rings. The normalized spacial score (nSPS) is 10.4. The van der Waals surface area contributed by atoms with Crippen LogP contribution in [0.15, 0.2) is 133 Å². The van der Waals surface area contributed by atoms with E-state index in [9.17, 15) is 9.59 Å². The molecule has 37 heavy (non-hydrogen) atoms. The van der Waals surface area contributed by atoms with Crippen molar-refractivity contribution in [2.75, 3.05) is 16.0 Å². The maximum atomic E-state index is 13.1. The first-order valence-electron chi connectivity index (χ1n) is 11.9. The molecule has 5 rings (SSSR count). The number of hydrogen-bond donors (Lipinski definition) is 3. The van der Waals surface area contributed by atoms with Crippen molar-refractivity contribution in [1.82, 2.24) is 0 Å². The van der Waals surface area contributed by atoms with E-state index >= 15 is 0 Å². The third-order valence-electron chi connectivity index (χ3n) is 5.88. The Morgan fingerprint density at radius 2 is 0.973 bits per heavy atom. The predicted octanol–water partition coefficient (Wildman–Crippen LogP) is 7.60. The van der Waals surface area contributed by atoms with Crippen LogP contribution in [-0.4, -0.2) is 11.8 Å². The second kappa shape index (κ2) is 11.1. The van der Waals surface area contributed by atoms with Gasteiger partial charge in [-0.1, -0.05) is 72.8 Å². The number of para-hydroxylation sites is 2. The van der Waals surface area contributed by atoms with Crippen LogP contribution in [0.25, 0.3) is 11.1 Å². The molecule has 5 aromatic carbocycles. The first kappa shape index (κ1) is 23.6. The van der Waals surface area contributed by atoms with Crippen molar-refractivity contribution in [1.29, 1.82) is 0 Å². The smallest absolute Gasteiger partial charge is 0.257 e. The fourth-order valence-electron chi connectivity index (χ4n) is 3.95. The van der Waals surface area contributed by atoms with Crippen LogP contribution in [0.5, 0.6) is 0 Å². The molecule has 3 N–H and O–H groups in total. The fourth-order valence-corrected chi connectivity index (χ4v) is 3.95. The third kappa shape index (κ3) is 5.92. The van der Waals surface area contributed by atoms with Crippen molar-refractivity contribution in [2.24, 2.45) is 0 Å². The highest BCUT2D eigenvalue weighted by Gasteiger charge is 2.14. The summed E-state index contributed by atoms with van der Waals surface area (Å²) in [5.74, 6) is -0.588. The molecule has 2 amide bonds. The number of nitrogens with one attached hydrogen (secondary N) is 3. The van der Waals surface area contributed by atoms with E-state index in [4.69, 9.17) is 0 Å². The van der Waals surface area contributed by atoms with Crippen molar-refractivity contribution in [3.05, 3.63) is 145 Å². The summed E-state index contributed by atoms with van der Waals surface area (Å²) in [4.78, 5) is 26.0. The Kier molecular flexibility index (Phi) is 7.04. The molecule has 0 saturated heterocycles. The summed E-state index contributed by atoms with van der Waals surface area (Å²) in [7, 11) is 0. The Balaban J connectivity index is 1.25. The SMILES string of the molecule is O=C(Nc1ccccc1C(=O)Nc1ccc(Nc2ccccc2)cc1)c1ccc(-c2ccccc2)cc1. The average Bonchev–Trinajstić information content (AvgIpc) is 2.95. The van der Waals surface area contributed by atoms with E-state index in [0.29, 0.717) is 22.5 Å². The van der Waals surface area contributed by atoms with Gasteiger partial charge in [-0.15, -0.1) is 0 Å². The molecule has 0 saturated carbocycles. The Morgan fingerprint density at radius 3 is 1.68 bits per heavy atom. The van der Waals surface area contributed by atoms with Gasteiger partial charge in [0, 0.05) is 22.6 Å². The van der Waals surface area contributed by atoms with Gasteiger partial charge in [0.15, 0.2) is 0 Å². The largest absolute Gasteiger partial charge is 0.356 e. The summed E-state index contributed by atoms with van der Waals surface area (Å²) in [5, 5.41) is 9.10. The minimum atomic E-state index is -0.306. The number of anilines is 4. The van der Waals surface area contributed by atoms with Gasteiger partial charge >= 0.3 is 0 Å². The monoisotopic (exact) mass is 483 g/mol. The number of amides is 2. The topological polar surface area (TPSA) is 70.2 Å². The quantitative estimate of drug-likeness (QED) is 0.223. The molecule has 0 atom stereocenters. The molecule has 0 bridgehead atoms. The highest BCUT2D eigenvalue weighted by molar-refractivity contribution is 6.12. The third-order valence-corrected chi connectivity index (χ3v) is 5.88. The summed E-state index contributed by atoms with van der Waals surface area (Å²) >= 11 is 0. The maximum Gasteiger partial charge on any atom is 0.257 e. The molecule has 180 valence electrons. The molecular weight excluding hydrogens is 458 g/mol. The molecule has 0 heterocycles. The Bertz CT molecular complexity index is 1500. The van der Waals surface area contributed by atoms with E-state index in [0.717, 1.165) is 22.5 Å². The van der Waals surface area contributed by atoms with Crippen LogP contribution >= 0.6 is 0 Å². The van der Waals surface area contributed by atoms with Crippen molar-refractivity contribution >= 4 is 34.6 Å². The van der Waals surface area contributed by atoms with Crippen molar-refractivity contribution in [3.8, 4) is 11.1 Å². The average molecular weight is 484 g/mol. The van der Waals surface area contributed by atoms with Crippen LogP contribution in [0.1, 0.15) is 20.7 Å². The lowest BCUT2D eigenvalue weighted by Crippen LogP contribution is -2.18. The van der Waals surface area contributed by atoms with Crippen molar-refractivity contribution < 1.29 is 9.59 Å². The lowest BCUT2D eigenvalue weighted by atomic mass is 10.0. The molecule has 0 aliphatic carbocycles. The zero-order chi connectivity index (χ0) is 25.5. The molecule has 0 aliphatic rings. The van der Waals surface area contributed by atoms with Crippen LogP contribution in [0.4, 0.5) is 22.7 Å². The summed E-state index contributed by atoms with van der Waals surface area (Å²) in [6.07, 6.45) is 0. The van der Waals surface area contributed by atoms with Crippen LogP contribution in [0.3, 0.4) is 0 Å². The van der Waals surface area contributed by atoms with Gasteiger partial charge in [0.2, 0.25) is 0 Å². The van der Waals surface area contributed by atoms with Crippen molar-refractivity contribution in [2.45, 2.75) is 0 Å². The highest BCUT2D eigenvalue weighted by Crippen LogP contribution is 2.23. The maximum absolute atomic E-state index is 13.1. The van der Waals surface area contributed by atoms with Gasteiger partial charge in [-0.05, 0) is 71.8 Å². The second-order valence-electron chi connectivity index (χ2n) is 8.47. The Morgan fingerprint density at radius 1 is 0.432 bits per heavy atom. The summed E-state index contributed by atoms with van der Waals surface area (Å²) < 4.78 is 0.